The van der Waals surface area contributed by atoms with E-state index >= 15 is 0 Å². The fourth-order valence-corrected chi connectivity index (χ4v) is 3.90. The molecule has 4 rings (SSSR count). The van der Waals surface area contributed by atoms with Crippen LogP contribution in [0, 0.1) is 11.3 Å². The largest absolute Gasteiger partial charge is 0.378 e. The molecule has 3 aromatic rings. The molecule has 1 aromatic heterocycles. The van der Waals surface area contributed by atoms with Crippen LogP contribution in [0.5, 0.6) is 0 Å². The van der Waals surface area contributed by atoms with E-state index in [4.69, 9.17) is 10.00 Å². The lowest BCUT2D eigenvalue weighted by Crippen LogP contribution is -2.36. The predicted molar refractivity (Wildman–Crippen MR) is 136 cm³/mol. The van der Waals surface area contributed by atoms with Crippen LogP contribution in [0.15, 0.2) is 60.9 Å². The number of nitrogens with one attached hydrogen (secondary N) is 1. The van der Waals surface area contributed by atoms with Gasteiger partial charge >= 0.3 is 0 Å². The first-order valence-corrected chi connectivity index (χ1v) is 11.5. The molecule has 1 saturated heterocycles. The van der Waals surface area contributed by atoms with E-state index in [0.29, 0.717) is 41.7 Å². The van der Waals surface area contributed by atoms with E-state index in [1.165, 1.54) is 4.90 Å². The quantitative estimate of drug-likeness (QED) is 0.508. The summed E-state index contributed by atoms with van der Waals surface area (Å²) >= 11 is 0. The second-order valence-electron chi connectivity index (χ2n) is 8.27. The molecule has 36 heavy (non-hydrogen) atoms. The zero-order chi connectivity index (χ0) is 25.5. The Morgan fingerprint density at radius 1 is 1.08 bits per heavy atom. The number of carbonyl (C=O) groups excluding carboxylic acids is 2. The molecule has 1 aliphatic heterocycles. The Morgan fingerprint density at radius 2 is 1.78 bits per heavy atom. The number of anilines is 4. The van der Waals surface area contributed by atoms with E-state index in [1.54, 1.807) is 61.7 Å². The van der Waals surface area contributed by atoms with Crippen LogP contribution in [0.2, 0.25) is 0 Å². The average molecular weight is 486 g/mol. The molecule has 1 aliphatic rings. The Bertz CT molecular complexity index is 1250. The summed E-state index contributed by atoms with van der Waals surface area (Å²) in [6.07, 6.45) is 3.27. The van der Waals surface area contributed by atoms with E-state index in [0.717, 1.165) is 18.8 Å². The van der Waals surface area contributed by atoms with Crippen LogP contribution in [0.4, 0.5) is 23.0 Å². The van der Waals surface area contributed by atoms with E-state index < -0.39 is 0 Å². The van der Waals surface area contributed by atoms with Crippen LogP contribution in [0.1, 0.15) is 20.7 Å². The molecule has 10 nitrogen and oxygen atoms in total. The highest BCUT2D eigenvalue weighted by molar-refractivity contribution is 6.02. The second kappa shape index (κ2) is 11.3. The number of amides is 2. The van der Waals surface area contributed by atoms with Crippen molar-refractivity contribution in [3.05, 3.63) is 72.1 Å². The van der Waals surface area contributed by atoms with Crippen molar-refractivity contribution in [1.29, 1.82) is 5.26 Å². The van der Waals surface area contributed by atoms with E-state index in [9.17, 15) is 9.59 Å². The average Bonchev–Trinajstić information content (AvgIpc) is 2.93. The number of aromatic nitrogens is 2. The zero-order valence-electron chi connectivity index (χ0n) is 20.2. The van der Waals surface area contributed by atoms with Crippen LogP contribution in [0.3, 0.4) is 0 Å². The number of hydrogen-bond donors (Lipinski definition) is 1. The Kier molecular flexibility index (Phi) is 7.72. The summed E-state index contributed by atoms with van der Waals surface area (Å²) in [7, 11) is 3.42. The monoisotopic (exact) mass is 485 g/mol. The number of benzene rings is 2. The fraction of sp³-hybridized carbons (Fsp3) is 0.269. The van der Waals surface area contributed by atoms with E-state index in [-0.39, 0.29) is 18.4 Å². The molecule has 0 atom stereocenters. The maximum Gasteiger partial charge on any atom is 0.255 e. The van der Waals surface area contributed by atoms with Crippen molar-refractivity contribution in [3.63, 3.8) is 0 Å². The summed E-state index contributed by atoms with van der Waals surface area (Å²) < 4.78 is 5.50. The maximum absolute atomic E-state index is 13.2. The topological polar surface area (TPSA) is 115 Å². The first-order chi connectivity index (χ1) is 17.5. The molecule has 2 heterocycles. The van der Waals surface area contributed by atoms with Gasteiger partial charge in [0.1, 0.15) is 6.54 Å². The van der Waals surface area contributed by atoms with Gasteiger partial charge in [-0.1, -0.05) is 0 Å². The third-order valence-electron chi connectivity index (χ3n) is 5.70. The van der Waals surface area contributed by atoms with Crippen molar-refractivity contribution in [1.82, 2.24) is 20.2 Å². The van der Waals surface area contributed by atoms with Crippen LogP contribution < -0.4 is 15.1 Å². The van der Waals surface area contributed by atoms with Gasteiger partial charge in [0.15, 0.2) is 0 Å². The highest BCUT2D eigenvalue weighted by atomic mass is 16.5. The molecular formula is C26H27N7O3. The van der Waals surface area contributed by atoms with Crippen molar-refractivity contribution >= 4 is 34.8 Å². The molecular weight excluding hydrogens is 458 g/mol. The van der Waals surface area contributed by atoms with Crippen molar-refractivity contribution in [3.8, 4) is 6.07 Å². The molecule has 2 amide bonds. The van der Waals surface area contributed by atoms with Crippen LogP contribution in [-0.4, -0.2) is 73.6 Å². The van der Waals surface area contributed by atoms with Crippen LogP contribution in [0.25, 0.3) is 0 Å². The van der Waals surface area contributed by atoms with Gasteiger partial charge in [-0.05, 0) is 48.5 Å². The molecule has 184 valence electrons. The van der Waals surface area contributed by atoms with Crippen molar-refractivity contribution in [2.75, 3.05) is 56.7 Å². The van der Waals surface area contributed by atoms with Gasteiger partial charge in [0.05, 0.1) is 30.5 Å². The van der Waals surface area contributed by atoms with Gasteiger partial charge in [0.2, 0.25) is 5.95 Å². The molecule has 0 bridgehead atoms. The lowest BCUT2D eigenvalue weighted by atomic mass is 10.1. The number of nitriles is 1. The summed E-state index contributed by atoms with van der Waals surface area (Å²) in [6, 6.07) is 16.2. The number of morpholine rings is 1. The van der Waals surface area contributed by atoms with Crippen molar-refractivity contribution in [2.24, 2.45) is 0 Å². The van der Waals surface area contributed by atoms with Gasteiger partial charge in [0, 0.05) is 56.5 Å². The van der Waals surface area contributed by atoms with Crippen molar-refractivity contribution < 1.29 is 14.3 Å². The highest BCUT2D eigenvalue weighted by Gasteiger charge is 2.25. The number of ether oxygens (including phenoxy) is 1. The van der Waals surface area contributed by atoms with Gasteiger partial charge in [-0.2, -0.15) is 5.26 Å². The minimum atomic E-state index is -0.344. The third kappa shape index (κ3) is 5.42. The summed E-state index contributed by atoms with van der Waals surface area (Å²) in [5, 5.41) is 11.3. The summed E-state index contributed by atoms with van der Waals surface area (Å²) in [5.41, 5.74) is 3.14. The van der Waals surface area contributed by atoms with Gasteiger partial charge in [-0.3, -0.25) is 14.5 Å². The van der Waals surface area contributed by atoms with Crippen LogP contribution in [-0.2, 0) is 4.74 Å². The Labute approximate surface area is 209 Å². The maximum atomic E-state index is 13.2. The molecule has 0 radical (unpaired) electrons. The lowest BCUT2D eigenvalue weighted by molar-refractivity contribution is 0.0828. The predicted octanol–water partition coefficient (Wildman–Crippen LogP) is 2.74. The first kappa shape index (κ1) is 24.6. The molecule has 0 saturated carbocycles. The molecule has 10 heteroatoms. The number of rotatable bonds is 7. The van der Waals surface area contributed by atoms with E-state index in [2.05, 4.69) is 20.2 Å². The summed E-state index contributed by atoms with van der Waals surface area (Å²) in [4.78, 5) is 40.0. The van der Waals surface area contributed by atoms with Crippen LogP contribution >= 0.6 is 0 Å². The fourth-order valence-electron chi connectivity index (χ4n) is 3.90. The molecule has 1 fully saturated rings. The van der Waals surface area contributed by atoms with Gasteiger partial charge in [-0.15, -0.1) is 0 Å². The third-order valence-corrected chi connectivity index (χ3v) is 5.70. The number of carbonyl (C=O) groups is 2. The highest BCUT2D eigenvalue weighted by Crippen LogP contribution is 2.37. The summed E-state index contributed by atoms with van der Waals surface area (Å²) in [5.74, 6) is -0.124. The number of hydrogen-bond acceptors (Lipinski definition) is 8. The normalized spacial score (nSPS) is 13.0. The Morgan fingerprint density at radius 3 is 2.42 bits per heavy atom. The molecule has 0 aliphatic carbocycles. The first-order valence-electron chi connectivity index (χ1n) is 11.5. The van der Waals surface area contributed by atoms with Crippen molar-refractivity contribution in [2.45, 2.75) is 0 Å². The zero-order valence-corrected chi connectivity index (χ0v) is 20.2. The molecule has 0 spiro atoms. The van der Waals surface area contributed by atoms with Gasteiger partial charge in [-0.25, -0.2) is 9.97 Å². The minimum absolute atomic E-state index is 0.0745. The minimum Gasteiger partial charge on any atom is -0.378 e. The lowest BCUT2D eigenvalue weighted by Gasteiger charge is -2.31. The second-order valence-corrected chi connectivity index (χ2v) is 8.27. The summed E-state index contributed by atoms with van der Waals surface area (Å²) in [6.45, 7) is 2.68. The molecule has 2 aromatic carbocycles. The standard InChI is InChI=1S/C26H27N7O3/c1-31(2)25(35)22-9-8-21(32-14-16-36-17-15-32)18-23(22)33(26-29-11-3-12-30-26)20-6-4-19(5-7-20)24(34)28-13-10-27/h3-9,11-12,18H,13-17H2,1-2H3,(H,28,34). The van der Waals surface area contributed by atoms with Gasteiger partial charge < -0.3 is 19.9 Å². The SMILES string of the molecule is CN(C)C(=O)c1ccc(N2CCOCC2)cc1N(c1ccc(C(=O)NCC#N)cc1)c1ncccn1. The number of nitrogens with zero attached hydrogens (tertiary/aromatic N) is 6. The molecule has 1 N–H and O–H groups in total. The molecule has 0 unspecified atom stereocenters. The van der Waals surface area contributed by atoms with E-state index in [1.807, 2.05) is 24.3 Å². The Hall–Kier alpha value is -4.49. The smallest absolute Gasteiger partial charge is 0.255 e. The Balaban J connectivity index is 1.83. The van der Waals surface area contributed by atoms with Gasteiger partial charge in [0.25, 0.3) is 11.8 Å².